The number of hydrogen-bond acceptors (Lipinski definition) is 4. The molecule has 0 radical (unpaired) electrons. The van der Waals surface area contributed by atoms with Crippen LogP contribution in [0.4, 0.5) is 0 Å². The van der Waals surface area contributed by atoms with Gasteiger partial charge in [-0.15, -0.1) is 5.26 Å². The molecule has 42 valence electrons. The number of nitriles is 1. The topological polar surface area (TPSA) is 87.4 Å². The molecule has 0 aliphatic heterocycles. The van der Waals surface area contributed by atoms with Gasteiger partial charge in [0.1, 0.15) is 0 Å². The predicted octanol–water partition coefficient (Wildman–Crippen LogP) is -0.716. The van der Waals surface area contributed by atoms with Crippen LogP contribution in [0.25, 0.3) is 0 Å². The van der Waals surface area contributed by atoms with E-state index in [9.17, 15) is 8.42 Å². The molecule has 0 aromatic carbocycles. The molecule has 0 aliphatic rings. The standard InChI is InChI=1S/CHNO4S.Zn/c2-1-6-7(3,4)5;/h(H,3,4,5);. The van der Waals surface area contributed by atoms with E-state index in [0.29, 0.717) is 0 Å². The molecule has 0 bridgehead atoms. The van der Waals surface area contributed by atoms with Gasteiger partial charge in [-0.2, -0.15) is 8.42 Å². The Hall–Kier alpha value is -0.177. The fourth-order valence-corrected chi connectivity index (χ4v) is 0.141. The summed E-state index contributed by atoms with van der Waals surface area (Å²) >= 11 is 0. The Morgan fingerprint density at radius 1 is 1.62 bits per heavy atom. The summed E-state index contributed by atoms with van der Waals surface area (Å²) in [6.07, 6.45) is 0.770. The fraction of sp³-hybridized carbons (Fsp3) is 0. The summed E-state index contributed by atoms with van der Waals surface area (Å²) in [6, 6.07) is 0. The monoisotopic (exact) mass is 187 g/mol. The third-order valence-electron chi connectivity index (χ3n) is 0.143. The summed E-state index contributed by atoms with van der Waals surface area (Å²) in [5.74, 6) is 0. The first kappa shape index (κ1) is 10.7. The predicted molar refractivity (Wildman–Crippen MR) is 18.2 cm³/mol. The summed E-state index contributed by atoms with van der Waals surface area (Å²) in [4.78, 5) is 0. The molecule has 7 heteroatoms. The first-order chi connectivity index (χ1) is 3.06. The smallest absolute Gasteiger partial charge is 0.281 e. The fourth-order valence-electron chi connectivity index (χ4n) is 0.0471. The van der Waals surface area contributed by atoms with Crippen LogP contribution >= 0.6 is 0 Å². The molecule has 0 aromatic rings. The molecule has 0 atom stereocenters. The second kappa shape index (κ2) is 3.78. The van der Waals surface area contributed by atoms with Crippen molar-refractivity contribution in [1.29, 1.82) is 5.26 Å². The summed E-state index contributed by atoms with van der Waals surface area (Å²) in [5.41, 5.74) is 0. The van der Waals surface area contributed by atoms with Crippen LogP contribution in [0.2, 0.25) is 0 Å². The maximum atomic E-state index is 9.34. The molecular formula is CHNO4SZn. The van der Waals surface area contributed by atoms with Gasteiger partial charge in [0.25, 0.3) is 0 Å². The third-order valence-corrected chi connectivity index (χ3v) is 0.428. The van der Waals surface area contributed by atoms with E-state index >= 15 is 0 Å². The molecule has 0 saturated carbocycles. The van der Waals surface area contributed by atoms with Crippen molar-refractivity contribution < 1.29 is 36.6 Å². The molecule has 0 spiro atoms. The third kappa shape index (κ3) is 9.27. The minimum Gasteiger partial charge on any atom is -0.281 e. The zero-order valence-electron chi connectivity index (χ0n) is 3.73. The van der Waals surface area contributed by atoms with Gasteiger partial charge in [0.2, 0.25) is 0 Å². The molecule has 0 aliphatic carbocycles. The molecule has 0 unspecified atom stereocenters. The molecule has 8 heavy (non-hydrogen) atoms. The van der Waals surface area contributed by atoms with Gasteiger partial charge in [-0.1, -0.05) is 0 Å². The Bertz CT molecular complexity index is 177. The maximum absolute atomic E-state index is 9.34. The van der Waals surface area contributed by atoms with Crippen LogP contribution in [0.3, 0.4) is 0 Å². The van der Waals surface area contributed by atoms with Crippen molar-refractivity contribution in [2.75, 3.05) is 0 Å². The molecular weight excluding hydrogens is 187 g/mol. The van der Waals surface area contributed by atoms with Crippen molar-refractivity contribution in [3.8, 4) is 6.26 Å². The second-order valence-corrected chi connectivity index (χ2v) is 1.62. The molecule has 1 N–H and O–H groups in total. The maximum Gasteiger partial charge on any atom is 0.456 e. The SMILES string of the molecule is N#COS(=O)(=O)O.[Zn]. The summed E-state index contributed by atoms with van der Waals surface area (Å²) in [5, 5.41) is 7.39. The molecule has 0 amide bonds. The molecule has 0 aromatic heterocycles. The van der Waals surface area contributed by atoms with Crippen molar-refractivity contribution in [3.05, 3.63) is 0 Å². The first-order valence-corrected chi connectivity index (χ1v) is 2.48. The minimum absolute atomic E-state index is 0. The normalized spacial score (nSPS) is 8.50. The molecule has 5 nitrogen and oxygen atoms in total. The summed E-state index contributed by atoms with van der Waals surface area (Å²) in [6.45, 7) is 0. The molecule has 0 saturated heterocycles. The van der Waals surface area contributed by atoms with E-state index in [0.717, 1.165) is 6.26 Å². The molecule has 0 fully saturated rings. The van der Waals surface area contributed by atoms with Crippen molar-refractivity contribution in [1.82, 2.24) is 0 Å². The van der Waals surface area contributed by atoms with E-state index in [4.69, 9.17) is 9.81 Å². The van der Waals surface area contributed by atoms with E-state index in [1.807, 2.05) is 0 Å². The van der Waals surface area contributed by atoms with E-state index in [1.165, 1.54) is 0 Å². The largest absolute Gasteiger partial charge is 0.456 e. The zero-order chi connectivity index (χ0) is 5.91. The number of nitrogens with zero attached hydrogens (tertiary/aromatic N) is 1. The van der Waals surface area contributed by atoms with Gasteiger partial charge >= 0.3 is 16.7 Å². The number of hydrogen-bond donors (Lipinski definition) is 1. The van der Waals surface area contributed by atoms with Gasteiger partial charge in [-0.25, -0.2) is 0 Å². The van der Waals surface area contributed by atoms with Crippen LogP contribution in [0.1, 0.15) is 0 Å². The van der Waals surface area contributed by atoms with Crippen LogP contribution in [-0.4, -0.2) is 13.0 Å². The van der Waals surface area contributed by atoms with Crippen LogP contribution in [-0.2, 0) is 34.1 Å². The van der Waals surface area contributed by atoms with Gasteiger partial charge in [0.15, 0.2) is 0 Å². The van der Waals surface area contributed by atoms with Crippen molar-refractivity contribution >= 4 is 10.4 Å². The van der Waals surface area contributed by atoms with Crippen LogP contribution < -0.4 is 0 Å². The average Bonchev–Trinajstić information content (AvgIpc) is 1.30. The minimum atomic E-state index is -4.54. The van der Waals surface area contributed by atoms with Gasteiger partial charge in [-0.3, -0.25) is 8.74 Å². The Morgan fingerprint density at radius 3 is 2.00 bits per heavy atom. The van der Waals surface area contributed by atoms with Crippen molar-refractivity contribution in [2.24, 2.45) is 0 Å². The van der Waals surface area contributed by atoms with Gasteiger partial charge in [-0.05, 0) is 0 Å². The molecule has 0 rings (SSSR count). The van der Waals surface area contributed by atoms with E-state index in [2.05, 4.69) is 4.18 Å². The van der Waals surface area contributed by atoms with E-state index in [1.54, 1.807) is 0 Å². The second-order valence-electron chi connectivity index (χ2n) is 0.602. The summed E-state index contributed by atoms with van der Waals surface area (Å²) < 4.78 is 29.3. The Labute approximate surface area is 59.0 Å². The average molecular weight is 188 g/mol. The van der Waals surface area contributed by atoms with Crippen LogP contribution in [0.15, 0.2) is 0 Å². The summed E-state index contributed by atoms with van der Waals surface area (Å²) in [7, 11) is -4.54. The van der Waals surface area contributed by atoms with Gasteiger partial charge in [0.05, 0.1) is 0 Å². The van der Waals surface area contributed by atoms with Crippen molar-refractivity contribution in [2.45, 2.75) is 0 Å². The Balaban J connectivity index is 0. The van der Waals surface area contributed by atoms with E-state index < -0.39 is 10.4 Å². The zero-order valence-corrected chi connectivity index (χ0v) is 7.52. The quantitative estimate of drug-likeness (QED) is 0.333. The van der Waals surface area contributed by atoms with E-state index in [-0.39, 0.29) is 19.5 Å². The van der Waals surface area contributed by atoms with Crippen LogP contribution in [0, 0.1) is 11.5 Å². The Kier molecular flexibility index (Phi) is 5.08. The first-order valence-electron chi connectivity index (χ1n) is 1.11. The van der Waals surface area contributed by atoms with Crippen molar-refractivity contribution in [3.63, 3.8) is 0 Å². The molecule has 0 heterocycles. The number of rotatable bonds is 1. The van der Waals surface area contributed by atoms with Gasteiger partial charge in [0, 0.05) is 19.5 Å². The van der Waals surface area contributed by atoms with Crippen LogP contribution in [0.5, 0.6) is 0 Å². The van der Waals surface area contributed by atoms with Gasteiger partial charge < -0.3 is 0 Å². The Morgan fingerprint density at radius 2 is 2.00 bits per heavy atom.